The van der Waals surface area contributed by atoms with Crippen LogP contribution in [0.25, 0.3) is 0 Å². The molecule has 2 aromatic carbocycles. The number of rotatable bonds is 7. The molecule has 2 rings (SSSR count). The van der Waals surface area contributed by atoms with E-state index in [1.807, 2.05) is 32.0 Å². The van der Waals surface area contributed by atoms with Crippen LogP contribution >= 0.6 is 0 Å². The molecule has 0 unspecified atom stereocenters. The Balaban J connectivity index is 2.07. The van der Waals surface area contributed by atoms with E-state index in [9.17, 15) is 13.2 Å². The van der Waals surface area contributed by atoms with Crippen molar-refractivity contribution in [3.8, 4) is 5.75 Å². The highest BCUT2D eigenvalue weighted by molar-refractivity contribution is 7.89. The molecular weight excluding hydrogens is 352 g/mol. The Hall–Kier alpha value is -2.38. The van der Waals surface area contributed by atoms with Crippen molar-refractivity contribution in [2.24, 2.45) is 0 Å². The number of methoxy groups -OCH3 is 1. The molecule has 0 heterocycles. The zero-order chi connectivity index (χ0) is 19.3. The lowest BCUT2D eigenvalue weighted by atomic mass is 10.0. The fourth-order valence-electron chi connectivity index (χ4n) is 2.60. The van der Waals surface area contributed by atoms with Crippen LogP contribution in [-0.2, 0) is 14.8 Å². The lowest BCUT2D eigenvalue weighted by Crippen LogP contribution is -2.33. The second kappa shape index (κ2) is 8.33. The van der Waals surface area contributed by atoms with Gasteiger partial charge < -0.3 is 10.1 Å². The summed E-state index contributed by atoms with van der Waals surface area (Å²) in [6.07, 6.45) is 0. The molecule has 0 radical (unpaired) electrons. The largest absolute Gasteiger partial charge is 0.497 e. The minimum absolute atomic E-state index is 0.119. The summed E-state index contributed by atoms with van der Waals surface area (Å²) in [6.45, 7) is 5.39. The average molecular weight is 376 g/mol. The minimum Gasteiger partial charge on any atom is -0.497 e. The van der Waals surface area contributed by atoms with Gasteiger partial charge in [0.25, 0.3) is 0 Å². The third-order valence-corrected chi connectivity index (χ3v) is 5.51. The first-order valence-electron chi connectivity index (χ1n) is 8.27. The van der Waals surface area contributed by atoms with Gasteiger partial charge in [-0.15, -0.1) is 0 Å². The van der Waals surface area contributed by atoms with Gasteiger partial charge in [-0.05, 0) is 48.2 Å². The molecule has 0 fully saturated rings. The fraction of sp³-hybridized carbons (Fsp3) is 0.316. The van der Waals surface area contributed by atoms with Gasteiger partial charge in [0.15, 0.2) is 0 Å². The molecule has 0 spiro atoms. The summed E-state index contributed by atoms with van der Waals surface area (Å²) in [6, 6.07) is 12.1. The monoisotopic (exact) mass is 376 g/mol. The second-order valence-corrected chi connectivity index (χ2v) is 7.98. The number of hydrogen-bond donors (Lipinski definition) is 2. The van der Waals surface area contributed by atoms with E-state index >= 15 is 0 Å². The summed E-state index contributed by atoms with van der Waals surface area (Å²) in [5.41, 5.74) is 2.23. The normalized spacial score (nSPS) is 11.4. The molecule has 7 heteroatoms. The van der Waals surface area contributed by atoms with E-state index in [2.05, 4.69) is 10.0 Å². The zero-order valence-electron chi connectivity index (χ0n) is 15.4. The van der Waals surface area contributed by atoms with Crippen LogP contribution in [-0.4, -0.2) is 28.0 Å². The Morgan fingerprint density at radius 2 is 1.85 bits per heavy atom. The van der Waals surface area contributed by atoms with Gasteiger partial charge >= 0.3 is 0 Å². The van der Waals surface area contributed by atoms with Gasteiger partial charge in [-0.2, -0.15) is 0 Å². The molecule has 0 aliphatic heterocycles. The highest BCUT2D eigenvalue weighted by Gasteiger charge is 2.19. The Kier molecular flexibility index (Phi) is 6.39. The number of aryl methyl sites for hydroxylation is 1. The molecule has 2 N–H and O–H groups in total. The van der Waals surface area contributed by atoms with Gasteiger partial charge in [-0.3, -0.25) is 4.79 Å². The molecule has 26 heavy (non-hydrogen) atoms. The summed E-state index contributed by atoms with van der Waals surface area (Å²) in [5, 5.41) is 2.76. The number of benzene rings is 2. The number of anilines is 1. The highest BCUT2D eigenvalue weighted by atomic mass is 32.2. The second-order valence-electron chi connectivity index (χ2n) is 6.25. The smallest absolute Gasteiger partial charge is 0.241 e. The van der Waals surface area contributed by atoms with Gasteiger partial charge in [0.2, 0.25) is 15.9 Å². The molecule has 2 aromatic rings. The quantitative estimate of drug-likeness (QED) is 0.778. The predicted molar refractivity (Wildman–Crippen MR) is 102 cm³/mol. The summed E-state index contributed by atoms with van der Waals surface area (Å²) >= 11 is 0. The highest BCUT2D eigenvalue weighted by Crippen LogP contribution is 2.24. The number of hydrogen-bond acceptors (Lipinski definition) is 4. The topological polar surface area (TPSA) is 84.5 Å². The molecule has 1 amide bonds. The van der Waals surface area contributed by atoms with E-state index in [4.69, 9.17) is 4.74 Å². The van der Waals surface area contributed by atoms with Gasteiger partial charge in [0.05, 0.1) is 18.6 Å². The molecule has 6 nitrogen and oxygen atoms in total. The van der Waals surface area contributed by atoms with Gasteiger partial charge in [0, 0.05) is 5.69 Å². The van der Waals surface area contributed by atoms with Crippen LogP contribution in [0.1, 0.15) is 30.9 Å². The number of ether oxygens (including phenoxy) is 1. The van der Waals surface area contributed by atoms with Gasteiger partial charge in [-0.25, -0.2) is 13.1 Å². The molecule has 0 saturated heterocycles. The first-order chi connectivity index (χ1) is 12.2. The van der Waals surface area contributed by atoms with E-state index < -0.39 is 15.9 Å². The molecular formula is C19H24N2O4S. The van der Waals surface area contributed by atoms with Crippen LogP contribution in [0.15, 0.2) is 47.4 Å². The van der Waals surface area contributed by atoms with Crippen LogP contribution in [0.2, 0.25) is 0 Å². The Morgan fingerprint density at radius 3 is 2.46 bits per heavy atom. The van der Waals surface area contributed by atoms with Crippen molar-refractivity contribution in [2.45, 2.75) is 31.6 Å². The summed E-state index contributed by atoms with van der Waals surface area (Å²) < 4.78 is 32.3. The third-order valence-electron chi connectivity index (χ3n) is 3.95. The molecule has 0 aliphatic rings. The summed E-state index contributed by atoms with van der Waals surface area (Å²) in [4.78, 5) is 12.3. The van der Waals surface area contributed by atoms with E-state index in [-0.39, 0.29) is 17.4 Å². The Morgan fingerprint density at radius 1 is 1.15 bits per heavy atom. The number of carbonyl (C=O) groups is 1. The predicted octanol–water partition coefficient (Wildman–Crippen LogP) is 3.04. The SMILES string of the molecule is COc1ccc(S(=O)(=O)NCC(=O)Nc2ccccc2C(C)C)c(C)c1. The third kappa shape index (κ3) is 4.83. The maximum Gasteiger partial charge on any atom is 0.241 e. The standard InChI is InChI=1S/C19H24N2O4S/c1-13(2)16-7-5-6-8-17(16)21-19(22)12-20-26(23,24)18-10-9-15(25-4)11-14(18)3/h5-11,13,20H,12H2,1-4H3,(H,21,22). The molecule has 0 aliphatic carbocycles. The fourth-order valence-corrected chi connectivity index (χ4v) is 3.80. The molecule has 0 aromatic heterocycles. The molecule has 140 valence electrons. The van der Waals surface area contributed by atoms with Crippen molar-refractivity contribution in [1.29, 1.82) is 0 Å². The zero-order valence-corrected chi connectivity index (χ0v) is 16.2. The number of sulfonamides is 1. The first kappa shape index (κ1) is 19.9. The molecule has 0 bridgehead atoms. The van der Waals surface area contributed by atoms with Crippen LogP contribution in [0.4, 0.5) is 5.69 Å². The van der Waals surface area contributed by atoms with Crippen molar-refractivity contribution in [1.82, 2.24) is 4.72 Å². The molecule has 0 saturated carbocycles. The average Bonchev–Trinajstić information content (AvgIpc) is 2.60. The van der Waals surface area contributed by atoms with Crippen LogP contribution in [0, 0.1) is 6.92 Å². The Labute approximate surface area is 154 Å². The van der Waals surface area contributed by atoms with E-state index in [0.29, 0.717) is 17.0 Å². The lowest BCUT2D eigenvalue weighted by molar-refractivity contribution is -0.115. The van der Waals surface area contributed by atoms with Crippen molar-refractivity contribution in [3.05, 3.63) is 53.6 Å². The van der Waals surface area contributed by atoms with Crippen LogP contribution < -0.4 is 14.8 Å². The number of nitrogens with one attached hydrogen (secondary N) is 2. The lowest BCUT2D eigenvalue weighted by Gasteiger charge is -2.14. The van der Waals surface area contributed by atoms with Gasteiger partial charge in [0.1, 0.15) is 5.75 Å². The Bertz CT molecular complexity index is 892. The van der Waals surface area contributed by atoms with Crippen molar-refractivity contribution < 1.29 is 17.9 Å². The van der Waals surface area contributed by atoms with Crippen LogP contribution in [0.5, 0.6) is 5.75 Å². The summed E-state index contributed by atoms with van der Waals surface area (Å²) in [5.74, 6) is 0.391. The first-order valence-corrected chi connectivity index (χ1v) is 9.76. The maximum atomic E-state index is 12.5. The van der Waals surface area contributed by atoms with Crippen molar-refractivity contribution in [2.75, 3.05) is 19.0 Å². The van der Waals surface area contributed by atoms with Gasteiger partial charge in [-0.1, -0.05) is 32.0 Å². The van der Waals surface area contributed by atoms with E-state index in [1.165, 1.54) is 13.2 Å². The number of para-hydroxylation sites is 1. The molecule has 0 atom stereocenters. The summed E-state index contributed by atoms with van der Waals surface area (Å²) in [7, 11) is -2.28. The minimum atomic E-state index is -3.80. The number of amides is 1. The van der Waals surface area contributed by atoms with E-state index in [0.717, 1.165) is 5.56 Å². The number of carbonyl (C=O) groups excluding carboxylic acids is 1. The van der Waals surface area contributed by atoms with E-state index in [1.54, 1.807) is 25.1 Å². The van der Waals surface area contributed by atoms with Crippen molar-refractivity contribution in [3.63, 3.8) is 0 Å². The van der Waals surface area contributed by atoms with Crippen LogP contribution in [0.3, 0.4) is 0 Å². The van der Waals surface area contributed by atoms with Crippen molar-refractivity contribution >= 4 is 21.6 Å². The maximum absolute atomic E-state index is 12.5.